The molecule has 104 valence electrons. The Morgan fingerprint density at radius 1 is 1.37 bits per heavy atom. The van der Waals surface area contributed by atoms with Gasteiger partial charge in [-0.2, -0.15) is 0 Å². The topological polar surface area (TPSA) is 45.6 Å². The Morgan fingerprint density at radius 2 is 2.21 bits per heavy atom. The third kappa shape index (κ3) is 3.47. The quantitative estimate of drug-likeness (QED) is 0.752. The lowest BCUT2D eigenvalue weighted by Crippen LogP contribution is -2.16. The Kier molecular flexibility index (Phi) is 4.80. The molecule has 0 atom stereocenters. The maximum Gasteiger partial charge on any atom is 0.106 e. The minimum Gasteiger partial charge on any atom is -0.349 e. The zero-order chi connectivity index (χ0) is 13.7. The van der Waals surface area contributed by atoms with Crippen LogP contribution in [0.5, 0.6) is 0 Å². The minimum atomic E-state index is 0.956. The fraction of sp³-hybridized carbons (Fsp3) is 0.533. The Bertz CT molecular complexity index is 496. The van der Waals surface area contributed by atoms with Crippen molar-refractivity contribution in [2.45, 2.75) is 46.7 Å². The zero-order valence-corrected chi connectivity index (χ0v) is 12.2. The standard InChI is InChI=1S/C15H24N4/c1-4-19-12(2)10-14(13(19)3)11-16-7-5-6-15-17-8-9-18-15/h8-10,16H,4-7,11H2,1-3H3,(H,17,18). The maximum atomic E-state index is 4.23. The number of rotatable bonds is 7. The number of H-pyrrole nitrogens is 1. The molecule has 4 nitrogen and oxygen atoms in total. The van der Waals surface area contributed by atoms with Crippen LogP contribution in [0.15, 0.2) is 18.5 Å². The Balaban J connectivity index is 1.74. The lowest BCUT2D eigenvalue weighted by Gasteiger charge is -2.07. The number of aromatic amines is 1. The first kappa shape index (κ1) is 13.9. The molecule has 0 spiro atoms. The van der Waals surface area contributed by atoms with Crippen LogP contribution in [0.25, 0.3) is 0 Å². The van der Waals surface area contributed by atoms with E-state index in [0.29, 0.717) is 0 Å². The second-order valence-electron chi connectivity index (χ2n) is 4.96. The summed E-state index contributed by atoms with van der Waals surface area (Å²) < 4.78 is 2.36. The third-order valence-corrected chi connectivity index (χ3v) is 3.63. The van der Waals surface area contributed by atoms with E-state index >= 15 is 0 Å². The number of aryl methyl sites for hydroxylation is 2. The molecule has 0 aliphatic rings. The molecule has 0 aromatic carbocycles. The van der Waals surface area contributed by atoms with Crippen molar-refractivity contribution in [2.75, 3.05) is 6.54 Å². The van der Waals surface area contributed by atoms with Crippen molar-refractivity contribution in [3.05, 3.63) is 41.2 Å². The van der Waals surface area contributed by atoms with Crippen LogP contribution in [0.1, 0.15) is 36.1 Å². The maximum absolute atomic E-state index is 4.23. The molecule has 0 unspecified atom stereocenters. The molecule has 4 heteroatoms. The second-order valence-corrected chi connectivity index (χ2v) is 4.96. The van der Waals surface area contributed by atoms with Gasteiger partial charge in [-0.1, -0.05) is 0 Å². The van der Waals surface area contributed by atoms with Crippen molar-refractivity contribution in [1.29, 1.82) is 0 Å². The van der Waals surface area contributed by atoms with E-state index in [-0.39, 0.29) is 0 Å². The molecule has 19 heavy (non-hydrogen) atoms. The monoisotopic (exact) mass is 260 g/mol. The highest BCUT2D eigenvalue weighted by Crippen LogP contribution is 2.14. The van der Waals surface area contributed by atoms with E-state index in [1.165, 1.54) is 17.0 Å². The number of nitrogens with zero attached hydrogens (tertiary/aromatic N) is 2. The van der Waals surface area contributed by atoms with Gasteiger partial charge in [-0.15, -0.1) is 0 Å². The average Bonchev–Trinajstić information content (AvgIpc) is 2.98. The van der Waals surface area contributed by atoms with Gasteiger partial charge in [-0.25, -0.2) is 4.98 Å². The number of hydrogen-bond acceptors (Lipinski definition) is 2. The van der Waals surface area contributed by atoms with Crippen LogP contribution in [0.2, 0.25) is 0 Å². The van der Waals surface area contributed by atoms with Crippen LogP contribution in [0.4, 0.5) is 0 Å². The van der Waals surface area contributed by atoms with E-state index in [1.54, 1.807) is 0 Å². The van der Waals surface area contributed by atoms with Gasteiger partial charge in [0.25, 0.3) is 0 Å². The van der Waals surface area contributed by atoms with Gasteiger partial charge in [-0.3, -0.25) is 0 Å². The molecule has 2 aromatic rings. The summed E-state index contributed by atoms with van der Waals surface area (Å²) in [7, 11) is 0. The number of imidazole rings is 1. The third-order valence-electron chi connectivity index (χ3n) is 3.63. The molecule has 0 saturated carbocycles. The summed E-state index contributed by atoms with van der Waals surface area (Å²) in [5, 5.41) is 3.51. The summed E-state index contributed by atoms with van der Waals surface area (Å²) in [6.07, 6.45) is 5.80. The molecule has 0 aliphatic carbocycles. The number of nitrogens with one attached hydrogen (secondary N) is 2. The predicted octanol–water partition coefficient (Wildman–Crippen LogP) is 2.57. The Labute approximate surface area is 115 Å². The lowest BCUT2D eigenvalue weighted by atomic mass is 10.2. The summed E-state index contributed by atoms with van der Waals surface area (Å²) in [5.74, 6) is 1.07. The fourth-order valence-electron chi connectivity index (χ4n) is 2.58. The number of aromatic nitrogens is 3. The summed E-state index contributed by atoms with van der Waals surface area (Å²) in [4.78, 5) is 7.36. The molecule has 2 N–H and O–H groups in total. The highest BCUT2D eigenvalue weighted by Gasteiger charge is 2.06. The summed E-state index contributed by atoms with van der Waals surface area (Å²) >= 11 is 0. The first-order valence-corrected chi connectivity index (χ1v) is 7.07. The lowest BCUT2D eigenvalue weighted by molar-refractivity contribution is 0.635. The molecule has 0 amide bonds. The minimum absolute atomic E-state index is 0.956. The molecule has 2 rings (SSSR count). The highest BCUT2D eigenvalue weighted by molar-refractivity contribution is 5.26. The van der Waals surface area contributed by atoms with Crippen LogP contribution in [0.3, 0.4) is 0 Å². The Morgan fingerprint density at radius 3 is 2.84 bits per heavy atom. The smallest absolute Gasteiger partial charge is 0.106 e. The van der Waals surface area contributed by atoms with E-state index < -0.39 is 0 Å². The van der Waals surface area contributed by atoms with Crippen LogP contribution >= 0.6 is 0 Å². The first-order valence-electron chi connectivity index (χ1n) is 7.07. The molecule has 0 fully saturated rings. The summed E-state index contributed by atoms with van der Waals surface area (Å²) in [6, 6.07) is 2.29. The zero-order valence-electron chi connectivity index (χ0n) is 12.2. The summed E-state index contributed by atoms with van der Waals surface area (Å²) in [6.45, 7) is 9.61. The van der Waals surface area contributed by atoms with Gasteiger partial charge in [0, 0.05) is 43.3 Å². The van der Waals surface area contributed by atoms with Gasteiger partial charge < -0.3 is 14.9 Å². The predicted molar refractivity (Wildman–Crippen MR) is 78.2 cm³/mol. The number of hydrogen-bond donors (Lipinski definition) is 2. The normalized spacial score (nSPS) is 11.1. The van der Waals surface area contributed by atoms with Crippen molar-refractivity contribution in [2.24, 2.45) is 0 Å². The molecule has 0 saturated heterocycles. The molecule has 0 radical (unpaired) electrons. The molecular weight excluding hydrogens is 236 g/mol. The largest absolute Gasteiger partial charge is 0.349 e. The van der Waals surface area contributed by atoms with Crippen molar-refractivity contribution in [1.82, 2.24) is 19.9 Å². The second kappa shape index (κ2) is 6.57. The van der Waals surface area contributed by atoms with Crippen molar-refractivity contribution in [3.63, 3.8) is 0 Å². The van der Waals surface area contributed by atoms with Gasteiger partial charge in [0.1, 0.15) is 5.82 Å². The van der Waals surface area contributed by atoms with E-state index in [0.717, 1.165) is 38.3 Å². The molecular formula is C15H24N4. The van der Waals surface area contributed by atoms with Crippen LogP contribution < -0.4 is 5.32 Å². The summed E-state index contributed by atoms with van der Waals surface area (Å²) in [5.41, 5.74) is 4.16. The molecule has 0 bridgehead atoms. The van der Waals surface area contributed by atoms with Gasteiger partial charge in [0.2, 0.25) is 0 Å². The van der Waals surface area contributed by atoms with Crippen LogP contribution in [-0.4, -0.2) is 21.1 Å². The highest BCUT2D eigenvalue weighted by atomic mass is 15.0. The Hall–Kier alpha value is -1.55. The van der Waals surface area contributed by atoms with Gasteiger partial charge >= 0.3 is 0 Å². The van der Waals surface area contributed by atoms with Crippen LogP contribution in [-0.2, 0) is 19.5 Å². The molecule has 2 heterocycles. The van der Waals surface area contributed by atoms with E-state index in [1.807, 2.05) is 12.4 Å². The van der Waals surface area contributed by atoms with E-state index in [4.69, 9.17) is 0 Å². The van der Waals surface area contributed by atoms with Gasteiger partial charge in [0.15, 0.2) is 0 Å². The van der Waals surface area contributed by atoms with Crippen LogP contribution in [0, 0.1) is 13.8 Å². The SMILES string of the molecule is CCn1c(C)cc(CNCCCc2ncc[nH]2)c1C. The van der Waals surface area contributed by atoms with Crippen molar-refractivity contribution < 1.29 is 0 Å². The molecule has 0 aliphatic heterocycles. The molecule has 2 aromatic heterocycles. The van der Waals surface area contributed by atoms with Crippen molar-refractivity contribution >= 4 is 0 Å². The van der Waals surface area contributed by atoms with E-state index in [9.17, 15) is 0 Å². The van der Waals surface area contributed by atoms with Crippen molar-refractivity contribution in [3.8, 4) is 0 Å². The van der Waals surface area contributed by atoms with Gasteiger partial charge in [0.05, 0.1) is 0 Å². The average molecular weight is 260 g/mol. The van der Waals surface area contributed by atoms with Gasteiger partial charge in [-0.05, 0) is 45.4 Å². The first-order chi connectivity index (χ1) is 9.22. The fourth-order valence-corrected chi connectivity index (χ4v) is 2.58. The van der Waals surface area contributed by atoms with E-state index in [2.05, 4.69) is 46.7 Å².